The lowest BCUT2D eigenvalue weighted by atomic mass is 10.1. The van der Waals surface area contributed by atoms with Gasteiger partial charge in [-0.3, -0.25) is 10.1 Å². The van der Waals surface area contributed by atoms with Gasteiger partial charge >= 0.3 is 0 Å². The van der Waals surface area contributed by atoms with Gasteiger partial charge in [0, 0.05) is 30.6 Å². The second kappa shape index (κ2) is 9.13. The van der Waals surface area contributed by atoms with E-state index in [9.17, 15) is 13.2 Å². The first kappa shape index (κ1) is 21.4. The summed E-state index contributed by atoms with van der Waals surface area (Å²) in [7, 11) is -1.97. The zero-order valence-corrected chi connectivity index (χ0v) is 18.6. The number of para-hydroxylation sites is 1. The Bertz CT molecular complexity index is 1190. The maximum atomic E-state index is 12.8. The van der Waals surface area contributed by atoms with Gasteiger partial charge < -0.3 is 4.74 Å². The average molecular weight is 459 g/mol. The van der Waals surface area contributed by atoms with Crippen molar-refractivity contribution in [3.8, 4) is 5.75 Å². The number of aromatic nitrogens is 2. The van der Waals surface area contributed by atoms with Crippen molar-refractivity contribution in [1.29, 1.82) is 0 Å². The molecule has 162 valence electrons. The molecule has 31 heavy (non-hydrogen) atoms. The zero-order valence-electron chi connectivity index (χ0n) is 16.9. The number of benzene rings is 2. The molecule has 3 aromatic rings. The van der Waals surface area contributed by atoms with Crippen LogP contribution >= 0.6 is 11.3 Å². The van der Waals surface area contributed by atoms with E-state index in [1.807, 2.05) is 24.3 Å². The SMILES string of the molecule is COc1ccccc1Cc1nnc(NC(=O)c2cccc(S(=O)(=O)N3CCCC3)c2)s1. The lowest BCUT2D eigenvalue weighted by molar-refractivity contribution is 0.102. The molecule has 0 saturated carbocycles. The average Bonchev–Trinajstić information content (AvgIpc) is 3.47. The molecule has 1 fully saturated rings. The highest BCUT2D eigenvalue weighted by Gasteiger charge is 2.27. The number of rotatable bonds is 7. The van der Waals surface area contributed by atoms with Gasteiger partial charge in [0.15, 0.2) is 0 Å². The van der Waals surface area contributed by atoms with E-state index in [0.717, 1.165) is 29.2 Å². The molecule has 2 aromatic carbocycles. The Morgan fingerprint density at radius 3 is 2.68 bits per heavy atom. The smallest absolute Gasteiger partial charge is 0.257 e. The van der Waals surface area contributed by atoms with Gasteiger partial charge in [-0.2, -0.15) is 4.31 Å². The summed E-state index contributed by atoms with van der Waals surface area (Å²) >= 11 is 1.26. The Balaban J connectivity index is 1.47. The van der Waals surface area contributed by atoms with Gasteiger partial charge in [-0.05, 0) is 37.1 Å². The Morgan fingerprint density at radius 2 is 1.90 bits per heavy atom. The van der Waals surface area contributed by atoms with Crippen molar-refractivity contribution < 1.29 is 17.9 Å². The monoisotopic (exact) mass is 458 g/mol. The van der Waals surface area contributed by atoms with Crippen molar-refractivity contribution in [3.63, 3.8) is 0 Å². The first-order chi connectivity index (χ1) is 15.0. The lowest BCUT2D eigenvalue weighted by Gasteiger charge is -2.15. The van der Waals surface area contributed by atoms with Gasteiger partial charge in [0.25, 0.3) is 5.91 Å². The highest BCUT2D eigenvalue weighted by atomic mass is 32.2. The molecule has 1 amide bonds. The van der Waals surface area contributed by atoms with E-state index in [4.69, 9.17) is 4.74 Å². The van der Waals surface area contributed by atoms with Crippen molar-refractivity contribution >= 4 is 32.4 Å². The van der Waals surface area contributed by atoms with Crippen LogP contribution < -0.4 is 10.1 Å². The summed E-state index contributed by atoms with van der Waals surface area (Å²) in [6.45, 7) is 1.02. The van der Waals surface area contributed by atoms with Crippen molar-refractivity contribution in [2.24, 2.45) is 0 Å². The summed E-state index contributed by atoms with van der Waals surface area (Å²) < 4.78 is 32.3. The Morgan fingerprint density at radius 1 is 1.13 bits per heavy atom. The molecule has 0 atom stereocenters. The largest absolute Gasteiger partial charge is 0.496 e. The van der Waals surface area contributed by atoms with Gasteiger partial charge in [-0.25, -0.2) is 8.42 Å². The Kier molecular flexibility index (Phi) is 6.30. The van der Waals surface area contributed by atoms with Gasteiger partial charge in [0.1, 0.15) is 10.8 Å². The van der Waals surface area contributed by atoms with Crippen molar-refractivity contribution in [2.45, 2.75) is 24.2 Å². The summed E-state index contributed by atoms with van der Waals surface area (Å²) in [6.07, 6.45) is 2.24. The van der Waals surface area contributed by atoms with E-state index in [1.54, 1.807) is 19.2 Å². The van der Waals surface area contributed by atoms with Crippen LogP contribution in [0.4, 0.5) is 5.13 Å². The van der Waals surface area contributed by atoms with Crippen LogP contribution in [0.5, 0.6) is 5.75 Å². The summed E-state index contributed by atoms with van der Waals surface area (Å²) in [5, 5.41) is 12.0. The number of carbonyl (C=O) groups excluding carboxylic acids is 1. The summed E-state index contributed by atoms with van der Waals surface area (Å²) in [5.74, 6) is 0.331. The quantitative estimate of drug-likeness (QED) is 0.584. The molecule has 0 spiro atoms. The van der Waals surface area contributed by atoms with Crippen LogP contribution in [0.1, 0.15) is 33.8 Å². The van der Waals surface area contributed by atoms with Crippen LogP contribution in [0, 0.1) is 0 Å². The van der Waals surface area contributed by atoms with E-state index in [-0.39, 0.29) is 10.5 Å². The highest BCUT2D eigenvalue weighted by molar-refractivity contribution is 7.89. The van der Waals surface area contributed by atoms with E-state index in [1.165, 1.54) is 27.8 Å². The van der Waals surface area contributed by atoms with Crippen LogP contribution in [-0.4, -0.2) is 49.0 Å². The fourth-order valence-electron chi connectivity index (χ4n) is 3.43. The number of anilines is 1. The summed E-state index contributed by atoms with van der Waals surface area (Å²) in [6, 6.07) is 13.7. The topological polar surface area (TPSA) is 101 Å². The first-order valence-electron chi connectivity index (χ1n) is 9.83. The number of sulfonamides is 1. The Hall–Kier alpha value is -2.82. The highest BCUT2D eigenvalue weighted by Crippen LogP contribution is 2.25. The number of nitrogens with zero attached hydrogens (tertiary/aromatic N) is 3. The van der Waals surface area contributed by atoms with Gasteiger partial charge in [0.05, 0.1) is 12.0 Å². The first-order valence-corrected chi connectivity index (χ1v) is 12.1. The molecule has 1 aliphatic rings. The zero-order chi connectivity index (χ0) is 21.8. The van der Waals surface area contributed by atoms with Crippen molar-refractivity contribution in [2.75, 3.05) is 25.5 Å². The molecular weight excluding hydrogens is 436 g/mol. The van der Waals surface area contributed by atoms with E-state index in [2.05, 4.69) is 15.5 Å². The molecule has 4 rings (SSSR count). The number of ether oxygens (including phenoxy) is 1. The van der Waals surface area contributed by atoms with Crippen LogP contribution in [0.3, 0.4) is 0 Å². The molecular formula is C21H22N4O4S2. The van der Waals surface area contributed by atoms with E-state index in [0.29, 0.717) is 24.6 Å². The maximum absolute atomic E-state index is 12.8. The van der Waals surface area contributed by atoms with Crippen LogP contribution in [-0.2, 0) is 16.4 Å². The fourth-order valence-corrected chi connectivity index (χ4v) is 5.75. The van der Waals surface area contributed by atoms with Crippen LogP contribution in [0.25, 0.3) is 0 Å². The molecule has 0 radical (unpaired) electrons. The van der Waals surface area contributed by atoms with Crippen LogP contribution in [0.15, 0.2) is 53.4 Å². The second-order valence-corrected chi connectivity index (χ2v) is 10.1. The second-order valence-electron chi connectivity index (χ2n) is 7.08. The number of hydrogen-bond acceptors (Lipinski definition) is 7. The molecule has 1 saturated heterocycles. The van der Waals surface area contributed by atoms with Gasteiger partial charge in [0.2, 0.25) is 15.2 Å². The summed E-state index contributed by atoms with van der Waals surface area (Å²) in [5.41, 5.74) is 1.22. The van der Waals surface area contributed by atoms with Crippen molar-refractivity contribution in [3.05, 3.63) is 64.7 Å². The number of nitrogens with one attached hydrogen (secondary N) is 1. The number of hydrogen-bond donors (Lipinski definition) is 1. The third kappa shape index (κ3) is 4.76. The minimum atomic E-state index is -3.59. The number of carbonyl (C=O) groups is 1. The molecule has 0 unspecified atom stereocenters. The van der Waals surface area contributed by atoms with E-state index >= 15 is 0 Å². The summed E-state index contributed by atoms with van der Waals surface area (Å²) in [4.78, 5) is 12.8. The number of amides is 1. The molecule has 1 N–H and O–H groups in total. The molecule has 1 aliphatic heterocycles. The standard InChI is InChI=1S/C21H22N4O4S2/c1-29-18-10-3-2-7-15(18)14-19-23-24-21(30-19)22-20(26)16-8-6-9-17(13-16)31(27,28)25-11-4-5-12-25/h2-3,6-10,13H,4-5,11-12,14H2,1H3,(H,22,24,26). The van der Waals surface area contributed by atoms with Gasteiger partial charge in [-0.1, -0.05) is 35.6 Å². The third-order valence-electron chi connectivity index (χ3n) is 5.02. The normalized spacial score (nSPS) is 14.5. The maximum Gasteiger partial charge on any atom is 0.257 e. The predicted molar refractivity (Wildman–Crippen MR) is 118 cm³/mol. The van der Waals surface area contributed by atoms with Gasteiger partial charge in [-0.15, -0.1) is 10.2 Å². The molecule has 2 heterocycles. The molecule has 0 aliphatic carbocycles. The third-order valence-corrected chi connectivity index (χ3v) is 7.75. The number of methoxy groups -OCH3 is 1. The van der Waals surface area contributed by atoms with E-state index < -0.39 is 15.9 Å². The fraction of sp³-hybridized carbons (Fsp3) is 0.286. The molecule has 1 aromatic heterocycles. The molecule has 10 heteroatoms. The predicted octanol–water partition coefficient (Wildman–Crippen LogP) is 3.17. The Labute approximate surface area is 184 Å². The minimum absolute atomic E-state index is 0.121. The lowest BCUT2D eigenvalue weighted by Crippen LogP contribution is -2.28. The molecule has 8 nitrogen and oxygen atoms in total. The molecule has 0 bridgehead atoms. The minimum Gasteiger partial charge on any atom is -0.496 e. The van der Waals surface area contributed by atoms with Crippen molar-refractivity contribution in [1.82, 2.24) is 14.5 Å². The van der Waals surface area contributed by atoms with Crippen LogP contribution in [0.2, 0.25) is 0 Å².